The number of aryl methyl sites for hydroxylation is 4. The van der Waals surface area contributed by atoms with Gasteiger partial charge in [0.25, 0.3) is 6.01 Å². The van der Waals surface area contributed by atoms with Crippen LogP contribution in [0.2, 0.25) is 0 Å². The Bertz CT molecular complexity index is 532. The molecule has 0 aliphatic rings. The molecule has 3 heteroatoms. The molecule has 90 valence electrons. The molecule has 0 saturated heterocycles. The second-order valence-corrected chi connectivity index (χ2v) is 4.49. The van der Waals surface area contributed by atoms with Crippen molar-refractivity contribution < 1.29 is 4.74 Å². The Labute approximate surface area is 102 Å². The van der Waals surface area contributed by atoms with Crippen molar-refractivity contribution in [2.24, 2.45) is 0 Å². The number of H-pyrrole nitrogens is 1. The lowest BCUT2D eigenvalue weighted by molar-refractivity contribution is 0.384. The van der Waals surface area contributed by atoms with Gasteiger partial charge in [0.05, 0.1) is 12.8 Å². The van der Waals surface area contributed by atoms with Crippen LogP contribution in [0.1, 0.15) is 22.4 Å². The average Bonchev–Trinajstić information content (AvgIpc) is 2.59. The van der Waals surface area contributed by atoms with Crippen molar-refractivity contribution in [1.29, 1.82) is 0 Å². The highest BCUT2D eigenvalue weighted by Crippen LogP contribution is 2.30. The van der Waals surface area contributed by atoms with Crippen LogP contribution >= 0.6 is 0 Å². The lowest BCUT2D eigenvalue weighted by Crippen LogP contribution is -1.92. The van der Waals surface area contributed by atoms with Crippen LogP contribution in [0.3, 0.4) is 0 Å². The molecule has 2 rings (SSSR count). The second kappa shape index (κ2) is 4.24. The quantitative estimate of drug-likeness (QED) is 0.859. The summed E-state index contributed by atoms with van der Waals surface area (Å²) in [6.07, 6.45) is 0. The van der Waals surface area contributed by atoms with E-state index in [0.29, 0.717) is 6.01 Å². The van der Waals surface area contributed by atoms with Crippen LogP contribution in [0.5, 0.6) is 6.01 Å². The summed E-state index contributed by atoms with van der Waals surface area (Å²) in [5.74, 6) is 0. The largest absolute Gasteiger partial charge is 0.468 e. The molecule has 0 unspecified atom stereocenters. The summed E-state index contributed by atoms with van der Waals surface area (Å²) in [7, 11) is 1.62. The van der Waals surface area contributed by atoms with Gasteiger partial charge in [0.15, 0.2) is 0 Å². The molecule has 3 nitrogen and oxygen atoms in total. The molecule has 0 bridgehead atoms. The smallest absolute Gasteiger partial charge is 0.294 e. The van der Waals surface area contributed by atoms with E-state index in [9.17, 15) is 0 Å². The van der Waals surface area contributed by atoms with E-state index in [1.165, 1.54) is 22.3 Å². The Kier molecular flexibility index (Phi) is 2.92. The first-order chi connectivity index (χ1) is 8.02. The number of hydrogen-bond acceptors (Lipinski definition) is 2. The molecule has 0 saturated carbocycles. The van der Waals surface area contributed by atoms with E-state index in [-0.39, 0.29) is 0 Å². The number of benzene rings is 1. The molecule has 1 aromatic carbocycles. The summed E-state index contributed by atoms with van der Waals surface area (Å²) in [4.78, 5) is 7.60. The number of methoxy groups -OCH3 is 1. The summed E-state index contributed by atoms with van der Waals surface area (Å²) in [6.45, 7) is 8.37. The second-order valence-electron chi connectivity index (χ2n) is 4.49. The molecule has 1 N–H and O–H groups in total. The van der Waals surface area contributed by atoms with Crippen LogP contribution in [0.25, 0.3) is 11.3 Å². The summed E-state index contributed by atoms with van der Waals surface area (Å²) in [6, 6.07) is 4.93. The van der Waals surface area contributed by atoms with E-state index in [1.807, 2.05) is 6.92 Å². The summed E-state index contributed by atoms with van der Waals surface area (Å²) in [5.41, 5.74) is 7.00. The Hall–Kier alpha value is -1.77. The van der Waals surface area contributed by atoms with Gasteiger partial charge in [-0.3, -0.25) is 0 Å². The van der Waals surface area contributed by atoms with Gasteiger partial charge in [0, 0.05) is 11.3 Å². The monoisotopic (exact) mass is 230 g/mol. The minimum atomic E-state index is 0.567. The number of nitrogens with zero attached hydrogens (tertiary/aromatic N) is 1. The van der Waals surface area contributed by atoms with Gasteiger partial charge in [-0.2, -0.15) is 4.98 Å². The number of hydrogen-bond donors (Lipinski definition) is 1. The van der Waals surface area contributed by atoms with Gasteiger partial charge in [-0.15, -0.1) is 0 Å². The molecule has 0 amide bonds. The number of ether oxygens (including phenoxy) is 1. The molecular weight excluding hydrogens is 212 g/mol. The third-order valence-corrected chi connectivity index (χ3v) is 2.97. The Balaban J connectivity index is 2.63. The highest BCUT2D eigenvalue weighted by Gasteiger charge is 2.14. The number of rotatable bonds is 2. The topological polar surface area (TPSA) is 37.9 Å². The summed E-state index contributed by atoms with van der Waals surface area (Å²) >= 11 is 0. The fourth-order valence-electron chi connectivity index (χ4n) is 2.33. The first kappa shape index (κ1) is 11.7. The zero-order valence-corrected chi connectivity index (χ0v) is 11.0. The van der Waals surface area contributed by atoms with E-state index < -0.39 is 0 Å². The van der Waals surface area contributed by atoms with Gasteiger partial charge >= 0.3 is 0 Å². The van der Waals surface area contributed by atoms with Gasteiger partial charge in [-0.1, -0.05) is 17.7 Å². The zero-order valence-electron chi connectivity index (χ0n) is 11.0. The van der Waals surface area contributed by atoms with Crippen molar-refractivity contribution in [1.82, 2.24) is 9.97 Å². The van der Waals surface area contributed by atoms with Crippen molar-refractivity contribution in [3.8, 4) is 17.3 Å². The van der Waals surface area contributed by atoms with Crippen molar-refractivity contribution in [3.63, 3.8) is 0 Å². The van der Waals surface area contributed by atoms with Crippen molar-refractivity contribution in [3.05, 3.63) is 34.5 Å². The van der Waals surface area contributed by atoms with E-state index in [2.05, 4.69) is 42.9 Å². The molecule has 0 aliphatic carbocycles. The molecule has 0 spiro atoms. The number of aromatic nitrogens is 2. The lowest BCUT2D eigenvalue weighted by atomic mass is 9.97. The van der Waals surface area contributed by atoms with E-state index in [1.54, 1.807) is 7.11 Å². The third kappa shape index (κ3) is 2.05. The van der Waals surface area contributed by atoms with Gasteiger partial charge in [-0.25, -0.2) is 0 Å². The fraction of sp³-hybridized carbons (Fsp3) is 0.357. The number of aromatic amines is 1. The highest BCUT2D eigenvalue weighted by molar-refractivity contribution is 5.70. The Morgan fingerprint density at radius 1 is 1.06 bits per heavy atom. The lowest BCUT2D eigenvalue weighted by Gasteiger charge is -2.09. The summed E-state index contributed by atoms with van der Waals surface area (Å²) < 4.78 is 5.13. The van der Waals surface area contributed by atoms with Crippen LogP contribution in [-0.4, -0.2) is 17.1 Å². The predicted molar refractivity (Wildman–Crippen MR) is 69.5 cm³/mol. The molecule has 1 heterocycles. The predicted octanol–water partition coefficient (Wildman–Crippen LogP) is 3.32. The highest BCUT2D eigenvalue weighted by atomic mass is 16.5. The molecule has 2 aromatic rings. The number of imidazole rings is 1. The van der Waals surface area contributed by atoms with Crippen molar-refractivity contribution in [2.75, 3.05) is 7.11 Å². The normalized spacial score (nSPS) is 10.6. The summed E-state index contributed by atoms with van der Waals surface area (Å²) in [5, 5.41) is 0. The van der Waals surface area contributed by atoms with Crippen molar-refractivity contribution in [2.45, 2.75) is 27.7 Å². The molecule has 17 heavy (non-hydrogen) atoms. The van der Waals surface area contributed by atoms with Gasteiger partial charge < -0.3 is 9.72 Å². The van der Waals surface area contributed by atoms with Crippen LogP contribution in [-0.2, 0) is 0 Å². The molecule has 0 radical (unpaired) electrons. The van der Waals surface area contributed by atoms with Gasteiger partial charge in [-0.05, 0) is 38.8 Å². The average molecular weight is 230 g/mol. The molecule has 1 aromatic heterocycles. The van der Waals surface area contributed by atoms with Crippen LogP contribution in [0.15, 0.2) is 12.1 Å². The first-order valence-corrected chi connectivity index (χ1v) is 5.71. The zero-order chi connectivity index (χ0) is 12.6. The van der Waals surface area contributed by atoms with Crippen LogP contribution in [0.4, 0.5) is 0 Å². The molecule has 0 aliphatic heterocycles. The standard InChI is InChI=1S/C14H18N2O/c1-8-6-9(2)12(10(3)7-8)13-11(4)15-14(16-13)17-5/h6-7H,1-5H3,(H,15,16). The minimum absolute atomic E-state index is 0.567. The third-order valence-electron chi connectivity index (χ3n) is 2.97. The van der Waals surface area contributed by atoms with Gasteiger partial charge in [0.1, 0.15) is 0 Å². The van der Waals surface area contributed by atoms with Crippen LogP contribution < -0.4 is 4.74 Å². The molecule has 0 atom stereocenters. The van der Waals surface area contributed by atoms with E-state index in [4.69, 9.17) is 4.74 Å². The fourth-order valence-corrected chi connectivity index (χ4v) is 2.33. The van der Waals surface area contributed by atoms with Gasteiger partial charge in [0.2, 0.25) is 0 Å². The maximum atomic E-state index is 5.13. The van der Waals surface area contributed by atoms with Crippen molar-refractivity contribution >= 4 is 0 Å². The van der Waals surface area contributed by atoms with E-state index in [0.717, 1.165) is 11.4 Å². The SMILES string of the molecule is COc1nc(-c2c(C)cc(C)cc2C)c(C)[nH]1. The first-order valence-electron chi connectivity index (χ1n) is 5.71. The number of nitrogens with one attached hydrogen (secondary N) is 1. The maximum Gasteiger partial charge on any atom is 0.294 e. The maximum absolute atomic E-state index is 5.13. The molecule has 0 fully saturated rings. The minimum Gasteiger partial charge on any atom is -0.468 e. The van der Waals surface area contributed by atoms with E-state index >= 15 is 0 Å². The Morgan fingerprint density at radius 2 is 1.65 bits per heavy atom. The Morgan fingerprint density at radius 3 is 2.12 bits per heavy atom. The molecular formula is C14H18N2O. The van der Waals surface area contributed by atoms with Crippen LogP contribution in [0, 0.1) is 27.7 Å².